The Morgan fingerprint density at radius 3 is 1.29 bits per heavy atom. The Hall–Kier alpha value is -5.17. The SMILES string of the molecule is O=C(OC[C@H]1OC(OP(=O)(O)O)[C@H](OC(=O)c2ccccc2)[C@@H](OC(=O)c2ccccc2)[C@H]1OC(=O)c1ccccc1)c1ccccc1. The van der Waals surface area contributed by atoms with Gasteiger partial charge in [-0.25, -0.2) is 23.7 Å². The number of phosphoric acid groups is 1. The molecular formula is C34H29O13P. The zero-order chi connectivity index (χ0) is 34.1. The van der Waals surface area contributed by atoms with E-state index in [0.29, 0.717) is 0 Å². The van der Waals surface area contributed by atoms with E-state index in [2.05, 4.69) is 0 Å². The molecule has 248 valence electrons. The standard InChI is InChI=1S/C34H29O13P/c35-30(22-13-5-1-6-14-22)42-21-26-27(44-31(36)23-15-7-2-8-16-23)28(45-32(37)24-17-9-3-10-18-24)29(34(43-26)47-48(39,40)41)46-33(38)25-19-11-4-12-20-25/h1-20,26-29,34H,21H2,(H2,39,40,41)/t26-,27+,28+,29-,34?/m1/s1. The number of carbonyl (C=O) groups is 4. The Morgan fingerprint density at radius 1 is 0.542 bits per heavy atom. The first kappa shape index (κ1) is 34.2. The highest BCUT2D eigenvalue weighted by Gasteiger charge is 2.55. The van der Waals surface area contributed by atoms with Crippen LogP contribution in [0.5, 0.6) is 0 Å². The summed E-state index contributed by atoms with van der Waals surface area (Å²) in [5, 5.41) is 0. The lowest BCUT2D eigenvalue weighted by atomic mass is 9.97. The van der Waals surface area contributed by atoms with Crippen LogP contribution in [0.25, 0.3) is 0 Å². The van der Waals surface area contributed by atoms with Crippen LogP contribution in [0.15, 0.2) is 121 Å². The Labute approximate surface area is 274 Å². The van der Waals surface area contributed by atoms with Crippen LogP contribution >= 0.6 is 7.82 Å². The van der Waals surface area contributed by atoms with Gasteiger partial charge in [-0.15, -0.1) is 0 Å². The lowest BCUT2D eigenvalue weighted by molar-refractivity contribution is -0.278. The summed E-state index contributed by atoms with van der Waals surface area (Å²) in [6, 6.07) is 30.8. The van der Waals surface area contributed by atoms with Crippen LogP contribution in [0.2, 0.25) is 0 Å². The first-order valence-electron chi connectivity index (χ1n) is 14.5. The topological polar surface area (TPSA) is 181 Å². The summed E-state index contributed by atoms with van der Waals surface area (Å²) in [6.45, 7) is -0.680. The summed E-state index contributed by atoms with van der Waals surface area (Å²) >= 11 is 0. The van der Waals surface area contributed by atoms with Gasteiger partial charge in [0.1, 0.15) is 12.7 Å². The molecule has 4 aromatic carbocycles. The maximum Gasteiger partial charge on any atom is 0.472 e. The minimum Gasteiger partial charge on any atom is -0.459 e. The molecule has 13 nitrogen and oxygen atoms in total. The van der Waals surface area contributed by atoms with Crippen molar-refractivity contribution >= 4 is 31.7 Å². The molecule has 1 unspecified atom stereocenters. The van der Waals surface area contributed by atoms with E-state index >= 15 is 0 Å². The third-order valence-corrected chi connectivity index (χ3v) is 7.46. The quantitative estimate of drug-likeness (QED) is 0.130. The predicted molar refractivity (Wildman–Crippen MR) is 165 cm³/mol. The number of hydrogen-bond donors (Lipinski definition) is 2. The van der Waals surface area contributed by atoms with E-state index in [1.54, 1.807) is 72.8 Å². The third-order valence-electron chi connectivity index (χ3n) is 6.98. The smallest absolute Gasteiger partial charge is 0.459 e. The lowest BCUT2D eigenvalue weighted by Crippen LogP contribution is -2.63. The molecule has 4 aromatic rings. The van der Waals surface area contributed by atoms with Gasteiger partial charge in [0.2, 0.25) is 6.29 Å². The van der Waals surface area contributed by atoms with E-state index in [-0.39, 0.29) is 22.3 Å². The van der Waals surface area contributed by atoms with Crippen molar-refractivity contribution in [2.45, 2.75) is 30.7 Å². The summed E-state index contributed by atoms with van der Waals surface area (Å²) in [4.78, 5) is 72.6. The van der Waals surface area contributed by atoms with Crippen molar-refractivity contribution < 1.29 is 61.7 Å². The van der Waals surface area contributed by atoms with Crippen LogP contribution in [0.3, 0.4) is 0 Å². The predicted octanol–water partition coefficient (Wildman–Crippen LogP) is 4.35. The van der Waals surface area contributed by atoms with Crippen molar-refractivity contribution in [3.63, 3.8) is 0 Å². The molecule has 1 saturated heterocycles. The lowest BCUT2D eigenvalue weighted by Gasteiger charge is -2.44. The Balaban J connectivity index is 1.56. The minimum atomic E-state index is -5.39. The molecule has 1 aliphatic heterocycles. The number of phosphoric ester groups is 1. The Bertz CT molecular complexity index is 1750. The molecule has 0 aliphatic carbocycles. The van der Waals surface area contributed by atoms with Gasteiger partial charge >= 0.3 is 31.7 Å². The zero-order valence-corrected chi connectivity index (χ0v) is 25.9. The van der Waals surface area contributed by atoms with Gasteiger partial charge in [-0.05, 0) is 48.5 Å². The number of esters is 4. The summed E-state index contributed by atoms with van der Waals surface area (Å²) < 4.78 is 45.5. The summed E-state index contributed by atoms with van der Waals surface area (Å²) in [5.41, 5.74) is 0.315. The van der Waals surface area contributed by atoms with Crippen LogP contribution in [-0.2, 0) is 32.8 Å². The minimum absolute atomic E-state index is 0.0253. The second-order valence-electron chi connectivity index (χ2n) is 10.3. The van der Waals surface area contributed by atoms with Gasteiger partial charge in [-0.2, -0.15) is 0 Å². The summed E-state index contributed by atoms with van der Waals surface area (Å²) in [6.07, 6.45) is -9.10. The molecule has 5 rings (SSSR count). The van der Waals surface area contributed by atoms with Gasteiger partial charge in [0.05, 0.1) is 22.3 Å². The van der Waals surface area contributed by atoms with Gasteiger partial charge in [0.15, 0.2) is 18.3 Å². The van der Waals surface area contributed by atoms with Crippen molar-refractivity contribution in [2.24, 2.45) is 0 Å². The maximum absolute atomic E-state index is 13.4. The average Bonchev–Trinajstić information content (AvgIpc) is 3.10. The Kier molecular flexibility index (Phi) is 11.1. The van der Waals surface area contributed by atoms with Crippen LogP contribution in [0, 0.1) is 0 Å². The van der Waals surface area contributed by atoms with Gasteiger partial charge in [0, 0.05) is 0 Å². The van der Waals surface area contributed by atoms with Crippen molar-refractivity contribution in [3.8, 4) is 0 Å². The van der Waals surface area contributed by atoms with Crippen LogP contribution < -0.4 is 0 Å². The molecule has 2 N–H and O–H groups in total. The first-order valence-corrected chi connectivity index (χ1v) is 16.0. The van der Waals surface area contributed by atoms with Crippen molar-refractivity contribution in [1.82, 2.24) is 0 Å². The largest absolute Gasteiger partial charge is 0.472 e. The van der Waals surface area contributed by atoms with Crippen LogP contribution in [0.4, 0.5) is 0 Å². The normalized spacial score (nSPS) is 20.6. The molecule has 0 aromatic heterocycles. The van der Waals surface area contributed by atoms with E-state index in [4.69, 9.17) is 28.2 Å². The van der Waals surface area contributed by atoms with Crippen molar-refractivity contribution in [3.05, 3.63) is 144 Å². The molecular weight excluding hydrogens is 647 g/mol. The number of carbonyl (C=O) groups excluding carboxylic acids is 4. The fourth-order valence-corrected chi connectivity index (χ4v) is 5.19. The monoisotopic (exact) mass is 676 g/mol. The molecule has 0 saturated carbocycles. The molecule has 1 heterocycles. The number of rotatable bonds is 11. The Morgan fingerprint density at radius 2 is 0.896 bits per heavy atom. The van der Waals surface area contributed by atoms with E-state index in [1.165, 1.54) is 48.5 Å². The maximum atomic E-state index is 13.4. The van der Waals surface area contributed by atoms with Crippen molar-refractivity contribution in [2.75, 3.05) is 6.61 Å². The highest BCUT2D eigenvalue weighted by molar-refractivity contribution is 7.46. The van der Waals surface area contributed by atoms with E-state index in [0.717, 1.165) is 0 Å². The van der Waals surface area contributed by atoms with Gasteiger partial charge in [-0.3, -0.25) is 4.52 Å². The molecule has 1 aliphatic rings. The average molecular weight is 677 g/mol. The molecule has 48 heavy (non-hydrogen) atoms. The molecule has 1 fully saturated rings. The second-order valence-corrected chi connectivity index (χ2v) is 11.5. The molecule has 14 heteroatoms. The fraction of sp³-hybridized carbons (Fsp3) is 0.176. The van der Waals surface area contributed by atoms with Crippen molar-refractivity contribution in [1.29, 1.82) is 0 Å². The zero-order valence-electron chi connectivity index (χ0n) is 25.0. The van der Waals surface area contributed by atoms with Crippen LogP contribution in [0.1, 0.15) is 41.4 Å². The number of ether oxygens (including phenoxy) is 5. The van der Waals surface area contributed by atoms with E-state index in [9.17, 15) is 33.5 Å². The molecule has 0 radical (unpaired) electrons. The molecule has 0 amide bonds. The summed E-state index contributed by atoms with van der Waals surface area (Å²) in [5.74, 6) is -3.72. The van der Waals surface area contributed by atoms with Gasteiger partial charge in [0.25, 0.3) is 0 Å². The second kappa shape index (κ2) is 15.6. The highest BCUT2D eigenvalue weighted by atomic mass is 31.2. The van der Waals surface area contributed by atoms with E-state index < -0.39 is 69.0 Å². The molecule has 5 atom stereocenters. The first-order chi connectivity index (χ1) is 23.1. The fourth-order valence-electron chi connectivity index (χ4n) is 4.75. The molecule has 0 spiro atoms. The molecule has 0 bridgehead atoms. The van der Waals surface area contributed by atoms with Gasteiger partial charge in [-0.1, -0.05) is 72.8 Å². The third kappa shape index (κ3) is 9.00. The number of hydrogen-bond acceptors (Lipinski definition) is 11. The highest BCUT2D eigenvalue weighted by Crippen LogP contribution is 2.42. The van der Waals surface area contributed by atoms with Crippen LogP contribution in [-0.4, -0.2) is 71.0 Å². The van der Waals surface area contributed by atoms with E-state index in [1.807, 2.05) is 0 Å². The summed E-state index contributed by atoms with van der Waals surface area (Å²) in [7, 11) is -5.39. The van der Waals surface area contributed by atoms with Gasteiger partial charge < -0.3 is 33.5 Å². The number of benzene rings is 4.